The normalized spacial score (nSPS) is 21.0. The predicted octanol–water partition coefficient (Wildman–Crippen LogP) is 1.84. The van der Waals surface area contributed by atoms with Crippen molar-refractivity contribution < 1.29 is 14.4 Å². The van der Waals surface area contributed by atoms with Crippen molar-refractivity contribution in [3.63, 3.8) is 0 Å². The van der Waals surface area contributed by atoms with Gasteiger partial charge in [-0.05, 0) is 38.8 Å². The second-order valence-corrected chi connectivity index (χ2v) is 5.75. The van der Waals surface area contributed by atoms with Crippen molar-refractivity contribution in [2.24, 2.45) is 5.41 Å². The summed E-state index contributed by atoms with van der Waals surface area (Å²) in [7, 11) is 0. The van der Waals surface area contributed by atoms with Crippen LogP contribution in [0.3, 0.4) is 0 Å². The van der Waals surface area contributed by atoms with E-state index in [0.717, 1.165) is 23.4 Å². The van der Waals surface area contributed by atoms with Gasteiger partial charge in [-0.25, -0.2) is 9.69 Å². The molecule has 0 aromatic carbocycles. The van der Waals surface area contributed by atoms with Crippen LogP contribution in [0.15, 0.2) is 12.1 Å². The molecule has 2 heterocycles. The number of nitrogens with one attached hydrogen (secondary N) is 1. The van der Waals surface area contributed by atoms with Crippen LogP contribution >= 0.6 is 0 Å². The Labute approximate surface area is 122 Å². The number of imide groups is 2. The minimum atomic E-state index is -1.08. The van der Waals surface area contributed by atoms with Gasteiger partial charge in [0.2, 0.25) is 5.91 Å². The van der Waals surface area contributed by atoms with Crippen LogP contribution < -0.4 is 10.2 Å². The van der Waals surface area contributed by atoms with Crippen LogP contribution in [0.1, 0.15) is 37.1 Å². The quantitative estimate of drug-likeness (QED) is 0.799. The molecule has 110 valence electrons. The molecule has 0 atom stereocenters. The topological polar surface area (TPSA) is 79.4 Å². The number of rotatable bonds is 1. The number of nitrogens with zero attached hydrogens (tertiary/aromatic N) is 2. The molecule has 4 amide bonds. The van der Waals surface area contributed by atoms with Crippen LogP contribution in [0.5, 0.6) is 0 Å². The highest BCUT2D eigenvalue weighted by Gasteiger charge is 2.55. The van der Waals surface area contributed by atoms with Gasteiger partial charge in [0.05, 0.1) is 11.4 Å². The van der Waals surface area contributed by atoms with Gasteiger partial charge in [-0.2, -0.15) is 0 Å². The molecule has 1 spiro atoms. The maximum atomic E-state index is 12.8. The number of aromatic nitrogens is 1. The van der Waals surface area contributed by atoms with E-state index in [4.69, 9.17) is 0 Å². The number of aryl methyl sites for hydroxylation is 2. The fourth-order valence-corrected chi connectivity index (χ4v) is 3.23. The van der Waals surface area contributed by atoms with E-state index in [0.29, 0.717) is 24.2 Å². The third kappa shape index (κ3) is 1.93. The van der Waals surface area contributed by atoms with Gasteiger partial charge in [0.15, 0.2) is 0 Å². The Morgan fingerprint density at radius 1 is 1.14 bits per heavy atom. The number of carbonyl (C=O) groups excluding carboxylic acids is 3. The minimum Gasteiger partial charge on any atom is -0.276 e. The number of carbonyl (C=O) groups is 3. The van der Waals surface area contributed by atoms with Crippen molar-refractivity contribution in [2.45, 2.75) is 39.5 Å². The largest absolute Gasteiger partial charge is 0.335 e. The highest BCUT2D eigenvalue weighted by molar-refractivity contribution is 6.30. The second-order valence-electron chi connectivity index (χ2n) is 5.75. The van der Waals surface area contributed by atoms with Gasteiger partial charge in [0.25, 0.3) is 5.91 Å². The summed E-state index contributed by atoms with van der Waals surface area (Å²) < 4.78 is 0. The minimum absolute atomic E-state index is 0.414. The summed E-state index contributed by atoms with van der Waals surface area (Å²) in [6.07, 6.45) is 2.65. The van der Waals surface area contributed by atoms with Crippen molar-refractivity contribution in [3.05, 3.63) is 23.5 Å². The number of hydrogen-bond acceptors (Lipinski definition) is 4. The fourth-order valence-electron chi connectivity index (χ4n) is 3.23. The van der Waals surface area contributed by atoms with E-state index >= 15 is 0 Å². The smallest absolute Gasteiger partial charge is 0.276 e. The molecule has 1 aliphatic carbocycles. The summed E-state index contributed by atoms with van der Waals surface area (Å²) >= 11 is 0. The summed E-state index contributed by atoms with van der Waals surface area (Å²) in [5.74, 6) is -0.869. The van der Waals surface area contributed by atoms with Crippen molar-refractivity contribution in [1.29, 1.82) is 0 Å². The zero-order valence-electron chi connectivity index (χ0n) is 12.1. The Bertz CT molecular complexity index is 648. The number of amides is 4. The van der Waals surface area contributed by atoms with Gasteiger partial charge >= 0.3 is 6.03 Å². The average Bonchev–Trinajstić information content (AvgIpc) is 2.90. The molecule has 0 bridgehead atoms. The number of pyridine rings is 1. The summed E-state index contributed by atoms with van der Waals surface area (Å²) in [6, 6.07) is 2.77. The Kier molecular flexibility index (Phi) is 3.04. The number of hydrogen-bond donors (Lipinski definition) is 1. The van der Waals surface area contributed by atoms with Gasteiger partial charge in [-0.3, -0.25) is 19.9 Å². The molecular weight excluding hydrogens is 270 g/mol. The molecule has 6 nitrogen and oxygen atoms in total. The molecule has 1 aliphatic heterocycles. The molecule has 21 heavy (non-hydrogen) atoms. The SMILES string of the molecule is Cc1ccc(N2C(=O)NC(=O)C3(CCCC3)C2=O)c(C)n1. The first-order chi connectivity index (χ1) is 9.95. The molecule has 1 N–H and O–H groups in total. The lowest BCUT2D eigenvalue weighted by Crippen LogP contribution is -2.63. The van der Waals surface area contributed by atoms with Crippen LogP contribution in [0.2, 0.25) is 0 Å². The number of urea groups is 1. The molecule has 1 aromatic heterocycles. The average molecular weight is 287 g/mol. The zero-order chi connectivity index (χ0) is 15.2. The molecule has 3 rings (SSSR count). The lowest BCUT2D eigenvalue weighted by Gasteiger charge is -2.37. The molecule has 2 fully saturated rings. The second kappa shape index (κ2) is 4.65. The summed E-state index contributed by atoms with van der Waals surface area (Å²) in [5.41, 5.74) is 0.779. The maximum Gasteiger partial charge on any atom is 0.335 e. The molecule has 1 aromatic rings. The lowest BCUT2D eigenvalue weighted by molar-refractivity contribution is -0.142. The highest BCUT2D eigenvalue weighted by atomic mass is 16.2. The third-order valence-corrected chi connectivity index (χ3v) is 4.37. The van der Waals surface area contributed by atoms with Crippen LogP contribution in [-0.4, -0.2) is 22.8 Å². The van der Waals surface area contributed by atoms with E-state index < -0.39 is 23.3 Å². The van der Waals surface area contributed by atoms with E-state index in [1.54, 1.807) is 19.1 Å². The van der Waals surface area contributed by atoms with Gasteiger partial charge in [0.1, 0.15) is 5.41 Å². The maximum absolute atomic E-state index is 12.8. The highest BCUT2D eigenvalue weighted by Crippen LogP contribution is 2.43. The lowest BCUT2D eigenvalue weighted by atomic mass is 9.82. The van der Waals surface area contributed by atoms with Crippen LogP contribution in [0, 0.1) is 19.3 Å². The summed E-state index contributed by atoms with van der Waals surface area (Å²) in [4.78, 5) is 42.5. The van der Waals surface area contributed by atoms with E-state index in [1.807, 2.05) is 6.92 Å². The van der Waals surface area contributed by atoms with Crippen molar-refractivity contribution in [3.8, 4) is 0 Å². The van der Waals surface area contributed by atoms with Gasteiger partial charge in [0, 0.05) is 5.69 Å². The van der Waals surface area contributed by atoms with Gasteiger partial charge in [-0.1, -0.05) is 12.8 Å². The van der Waals surface area contributed by atoms with E-state index in [1.165, 1.54) is 0 Å². The van der Waals surface area contributed by atoms with E-state index in [-0.39, 0.29) is 0 Å². The van der Waals surface area contributed by atoms with E-state index in [9.17, 15) is 14.4 Å². The van der Waals surface area contributed by atoms with E-state index in [2.05, 4.69) is 10.3 Å². The van der Waals surface area contributed by atoms with Crippen molar-refractivity contribution in [1.82, 2.24) is 10.3 Å². The van der Waals surface area contributed by atoms with Crippen LogP contribution in [0.25, 0.3) is 0 Å². The zero-order valence-corrected chi connectivity index (χ0v) is 12.1. The molecule has 2 aliphatic rings. The predicted molar refractivity (Wildman–Crippen MR) is 75.6 cm³/mol. The fraction of sp³-hybridized carbons (Fsp3) is 0.467. The number of barbiturate groups is 1. The molecule has 6 heteroatoms. The summed E-state index contributed by atoms with van der Waals surface area (Å²) in [5, 5.41) is 2.33. The van der Waals surface area contributed by atoms with Crippen molar-refractivity contribution in [2.75, 3.05) is 4.90 Å². The summed E-state index contributed by atoms with van der Waals surface area (Å²) in [6.45, 7) is 3.59. The molecule has 1 saturated carbocycles. The van der Waals surface area contributed by atoms with Crippen molar-refractivity contribution >= 4 is 23.5 Å². The first-order valence-electron chi connectivity index (χ1n) is 7.10. The first kappa shape index (κ1) is 13.7. The van der Waals surface area contributed by atoms with Crippen LogP contribution in [-0.2, 0) is 9.59 Å². The molecule has 1 saturated heterocycles. The Balaban J connectivity index is 2.07. The molecular formula is C15H17N3O3. The Morgan fingerprint density at radius 3 is 2.43 bits per heavy atom. The standard InChI is InChI=1S/C15H17N3O3/c1-9-5-6-11(10(2)16-9)18-13(20)15(7-3-4-8-15)12(19)17-14(18)21/h5-6H,3-4,7-8H2,1-2H3,(H,17,19,21). The monoisotopic (exact) mass is 287 g/mol. The van der Waals surface area contributed by atoms with Crippen LogP contribution in [0.4, 0.5) is 10.5 Å². The van der Waals surface area contributed by atoms with Gasteiger partial charge < -0.3 is 0 Å². The number of anilines is 1. The Hall–Kier alpha value is -2.24. The first-order valence-corrected chi connectivity index (χ1v) is 7.10. The third-order valence-electron chi connectivity index (χ3n) is 4.37. The molecule has 0 radical (unpaired) electrons. The Morgan fingerprint density at radius 2 is 1.81 bits per heavy atom. The van der Waals surface area contributed by atoms with Gasteiger partial charge in [-0.15, -0.1) is 0 Å². The molecule has 0 unspecified atom stereocenters.